The lowest BCUT2D eigenvalue weighted by Crippen LogP contribution is -2.44. The highest BCUT2D eigenvalue weighted by Crippen LogP contribution is 2.33. The lowest BCUT2D eigenvalue weighted by molar-refractivity contribution is -0.138. The molecule has 29 heavy (non-hydrogen) atoms. The average molecular weight is 425 g/mol. The molecular formula is C21H27ClF2N4O. The van der Waals surface area contributed by atoms with Crippen LogP contribution in [0.2, 0.25) is 0 Å². The molecule has 1 amide bonds. The third kappa shape index (κ3) is 4.46. The molecule has 8 heteroatoms. The molecule has 0 spiro atoms. The number of hydrogen-bond donors (Lipinski definition) is 1. The van der Waals surface area contributed by atoms with Crippen LogP contribution in [0.1, 0.15) is 42.7 Å². The van der Waals surface area contributed by atoms with E-state index in [9.17, 15) is 13.6 Å². The van der Waals surface area contributed by atoms with Gasteiger partial charge in [-0.05, 0) is 30.5 Å². The summed E-state index contributed by atoms with van der Waals surface area (Å²) in [6.07, 6.45) is 7.61. The highest BCUT2D eigenvalue weighted by molar-refractivity contribution is 5.85. The lowest BCUT2D eigenvalue weighted by atomic mass is 9.89. The zero-order chi connectivity index (χ0) is 19.7. The summed E-state index contributed by atoms with van der Waals surface area (Å²) in [5, 5.41) is 7.54. The Morgan fingerprint density at radius 3 is 2.55 bits per heavy atom. The van der Waals surface area contributed by atoms with E-state index in [1.165, 1.54) is 18.2 Å². The number of hydrogen-bond acceptors (Lipinski definition) is 3. The largest absolute Gasteiger partial charge is 0.335 e. The minimum absolute atomic E-state index is 0. The Morgan fingerprint density at radius 2 is 1.93 bits per heavy atom. The summed E-state index contributed by atoms with van der Waals surface area (Å²) in [6, 6.07) is 3.91. The smallest absolute Gasteiger partial charge is 0.228 e. The molecule has 2 aromatic rings. The van der Waals surface area contributed by atoms with Crippen LogP contribution in [0.25, 0.3) is 0 Å². The summed E-state index contributed by atoms with van der Waals surface area (Å²) in [5.74, 6) is -1.43. The first kappa shape index (κ1) is 21.7. The summed E-state index contributed by atoms with van der Waals surface area (Å²) in [6.45, 7) is 1.26. The van der Waals surface area contributed by atoms with Gasteiger partial charge < -0.3 is 10.2 Å². The van der Waals surface area contributed by atoms with Gasteiger partial charge in [0.2, 0.25) is 5.91 Å². The molecule has 2 atom stereocenters. The Bertz CT molecular complexity index is 833. The molecule has 0 bridgehead atoms. The maximum atomic E-state index is 14.3. The van der Waals surface area contributed by atoms with Crippen molar-refractivity contribution < 1.29 is 13.6 Å². The van der Waals surface area contributed by atoms with E-state index >= 15 is 0 Å². The van der Waals surface area contributed by atoms with Gasteiger partial charge in [-0.25, -0.2) is 8.78 Å². The van der Waals surface area contributed by atoms with E-state index in [2.05, 4.69) is 10.4 Å². The Balaban J connectivity index is 0.00000240. The van der Waals surface area contributed by atoms with Crippen LogP contribution in [0.5, 0.6) is 0 Å². The molecule has 1 saturated heterocycles. The summed E-state index contributed by atoms with van der Waals surface area (Å²) < 4.78 is 30.3. The van der Waals surface area contributed by atoms with Gasteiger partial charge in [0, 0.05) is 43.9 Å². The maximum absolute atomic E-state index is 14.3. The third-order valence-corrected chi connectivity index (χ3v) is 6.12. The van der Waals surface area contributed by atoms with Crippen molar-refractivity contribution in [3.8, 4) is 0 Å². The van der Waals surface area contributed by atoms with Crippen molar-refractivity contribution in [3.63, 3.8) is 0 Å². The maximum Gasteiger partial charge on any atom is 0.228 e. The number of benzene rings is 1. The van der Waals surface area contributed by atoms with Crippen LogP contribution in [0.3, 0.4) is 0 Å². The van der Waals surface area contributed by atoms with Gasteiger partial charge in [0.25, 0.3) is 0 Å². The van der Waals surface area contributed by atoms with E-state index < -0.39 is 11.6 Å². The Hall–Kier alpha value is -1.99. The number of carbonyl (C=O) groups excluding carboxylic acids is 1. The minimum atomic E-state index is -0.593. The Morgan fingerprint density at radius 1 is 1.24 bits per heavy atom. The molecule has 2 aliphatic rings. The van der Waals surface area contributed by atoms with Crippen molar-refractivity contribution in [2.24, 2.45) is 13.0 Å². The molecule has 1 aliphatic carbocycles. The van der Waals surface area contributed by atoms with Gasteiger partial charge in [0.05, 0.1) is 18.7 Å². The molecule has 1 N–H and O–H groups in total. The molecular weight excluding hydrogens is 398 g/mol. The van der Waals surface area contributed by atoms with E-state index in [1.54, 1.807) is 15.8 Å². The number of halogens is 3. The number of amides is 1. The highest BCUT2D eigenvalue weighted by atomic mass is 35.5. The standard InChI is InChI=1S/C21H26F2N4O.ClH/c1-26-12-14(9-25-26)16-10-24-11-17(16)21(28)27(15-5-2-3-6-15)13-18-19(22)7-4-8-20(18)23;/h4,7-9,12,15-17,24H,2-3,5-6,10-11,13H2,1H3;1H/t16-,17+;/m1./s1. The van der Waals surface area contributed by atoms with E-state index in [0.29, 0.717) is 13.1 Å². The fourth-order valence-electron chi connectivity index (χ4n) is 4.59. The first-order valence-electron chi connectivity index (χ1n) is 9.97. The van der Waals surface area contributed by atoms with Crippen LogP contribution in [0, 0.1) is 17.6 Å². The summed E-state index contributed by atoms with van der Waals surface area (Å²) >= 11 is 0. The molecule has 1 saturated carbocycles. The Labute approximate surface area is 175 Å². The zero-order valence-electron chi connectivity index (χ0n) is 16.5. The van der Waals surface area contributed by atoms with E-state index in [1.807, 2.05) is 13.2 Å². The molecule has 158 valence electrons. The average Bonchev–Trinajstić information content (AvgIpc) is 3.42. The van der Waals surface area contributed by atoms with Crippen LogP contribution >= 0.6 is 12.4 Å². The van der Waals surface area contributed by atoms with Crippen LogP contribution < -0.4 is 5.32 Å². The van der Waals surface area contributed by atoms with Crippen LogP contribution in [0.15, 0.2) is 30.6 Å². The number of aromatic nitrogens is 2. The minimum Gasteiger partial charge on any atom is -0.335 e. The molecule has 5 nitrogen and oxygen atoms in total. The van der Waals surface area contributed by atoms with Crippen LogP contribution in [-0.4, -0.2) is 39.7 Å². The van der Waals surface area contributed by atoms with Crippen LogP contribution in [-0.2, 0) is 18.4 Å². The summed E-state index contributed by atoms with van der Waals surface area (Å²) in [4.78, 5) is 15.3. The number of rotatable bonds is 5. The summed E-state index contributed by atoms with van der Waals surface area (Å²) in [7, 11) is 1.86. The van der Waals surface area contributed by atoms with Gasteiger partial charge in [-0.1, -0.05) is 18.9 Å². The molecule has 2 fully saturated rings. The number of carbonyl (C=O) groups is 1. The van der Waals surface area contributed by atoms with Gasteiger partial charge in [-0.2, -0.15) is 5.10 Å². The molecule has 1 aromatic heterocycles. The third-order valence-electron chi connectivity index (χ3n) is 6.12. The van der Waals surface area contributed by atoms with Crippen LogP contribution in [0.4, 0.5) is 8.78 Å². The Kier molecular flexibility index (Phi) is 6.90. The van der Waals surface area contributed by atoms with Crippen molar-refractivity contribution in [2.45, 2.75) is 44.2 Å². The fraction of sp³-hybridized carbons (Fsp3) is 0.524. The normalized spacial score (nSPS) is 21.9. The zero-order valence-corrected chi connectivity index (χ0v) is 17.3. The lowest BCUT2D eigenvalue weighted by Gasteiger charge is -2.33. The fourth-order valence-corrected chi connectivity index (χ4v) is 4.59. The second kappa shape index (κ2) is 9.22. The van der Waals surface area contributed by atoms with E-state index in [0.717, 1.165) is 31.2 Å². The van der Waals surface area contributed by atoms with Crippen molar-refractivity contribution in [1.29, 1.82) is 0 Å². The van der Waals surface area contributed by atoms with Gasteiger partial charge in [0.15, 0.2) is 0 Å². The predicted octanol–water partition coefficient (Wildman–Crippen LogP) is 3.39. The molecule has 4 rings (SSSR count). The molecule has 0 unspecified atom stereocenters. The number of nitrogens with one attached hydrogen (secondary N) is 1. The van der Waals surface area contributed by atoms with E-state index in [4.69, 9.17) is 0 Å². The quantitative estimate of drug-likeness (QED) is 0.800. The molecule has 0 radical (unpaired) electrons. The number of aryl methyl sites for hydroxylation is 1. The highest BCUT2D eigenvalue weighted by Gasteiger charge is 2.39. The molecule has 1 aromatic carbocycles. The predicted molar refractivity (Wildman–Crippen MR) is 109 cm³/mol. The van der Waals surface area contributed by atoms with Gasteiger partial charge in [-0.3, -0.25) is 9.48 Å². The van der Waals surface area contributed by atoms with Crippen molar-refractivity contribution in [1.82, 2.24) is 20.0 Å². The topological polar surface area (TPSA) is 50.2 Å². The second-order valence-corrected chi connectivity index (χ2v) is 7.92. The van der Waals surface area contributed by atoms with Gasteiger partial charge >= 0.3 is 0 Å². The van der Waals surface area contributed by atoms with E-state index in [-0.39, 0.29) is 48.3 Å². The van der Waals surface area contributed by atoms with Crippen molar-refractivity contribution in [3.05, 3.63) is 53.4 Å². The van der Waals surface area contributed by atoms with Crippen molar-refractivity contribution >= 4 is 18.3 Å². The molecule has 2 heterocycles. The van der Waals surface area contributed by atoms with Gasteiger partial charge in [-0.15, -0.1) is 12.4 Å². The number of nitrogens with zero attached hydrogens (tertiary/aromatic N) is 3. The monoisotopic (exact) mass is 424 g/mol. The van der Waals surface area contributed by atoms with Gasteiger partial charge in [0.1, 0.15) is 11.6 Å². The SMILES string of the molecule is Cl.Cn1cc([C@H]2CNC[C@@H]2C(=O)N(Cc2c(F)cccc2F)C2CCCC2)cn1. The second-order valence-electron chi connectivity index (χ2n) is 7.92. The first-order valence-corrected chi connectivity index (χ1v) is 9.97. The summed E-state index contributed by atoms with van der Waals surface area (Å²) in [5.41, 5.74) is 1.00. The molecule has 1 aliphatic heterocycles. The van der Waals surface area contributed by atoms with Crippen molar-refractivity contribution in [2.75, 3.05) is 13.1 Å². The first-order chi connectivity index (χ1) is 13.5.